The maximum atomic E-state index is 14.6. The number of rotatable bonds is 9. The van der Waals surface area contributed by atoms with E-state index >= 15 is 0 Å². The van der Waals surface area contributed by atoms with E-state index in [0.29, 0.717) is 19.7 Å². The van der Waals surface area contributed by atoms with E-state index in [-0.39, 0.29) is 35.8 Å². The largest absolute Gasteiger partial charge is 0.459 e. The lowest BCUT2D eigenvalue weighted by Gasteiger charge is -2.48. The fourth-order valence-electron chi connectivity index (χ4n) is 6.46. The first kappa shape index (κ1) is 26.8. The highest BCUT2D eigenvalue weighted by Crippen LogP contribution is 2.40. The molecule has 5 rings (SSSR count). The second kappa shape index (κ2) is 13.5. The second-order valence-electron chi connectivity index (χ2n) is 13.0. The SMILES string of the molecule is [2H]C([2H])([2H])C([2H])([2H])N1C[C@H](F)C[C@H]1[C@H](C)Oc1nc(C#N)nc(N2CCOC[C@@](C)(O[Si](c3ccccc3)(c3ccccc3)C(C)(C)C)C2)n1. The summed E-state index contributed by atoms with van der Waals surface area (Å²) in [4.78, 5) is 16.0. The lowest BCUT2D eigenvalue weighted by atomic mass is 10.1. The van der Waals surface area contributed by atoms with Crippen molar-refractivity contribution in [2.75, 3.05) is 44.2 Å². The number of aromatic nitrogens is 3. The topological polar surface area (TPSA) is 96.6 Å². The van der Waals surface area contributed by atoms with E-state index in [1.165, 1.54) is 0 Å². The molecule has 0 aliphatic carbocycles. The van der Waals surface area contributed by atoms with Gasteiger partial charge in [-0.1, -0.05) is 88.3 Å². The zero-order chi connectivity index (χ0) is 36.5. The van der Waals surface area contributed by atoms with Gasteiger partial charge in [0.05, 0.1) is 25.4 Å². The van der Waals surface area contributed by atoms with Gasteiger partial charge >= 0.3 is 6.01 Å². The van der Waals surface area contributed by atoms with Crippen LogP contribution >= 0.6 is 0 Å². The highest BCUT2D eigenvalue weighted by Gasteiger charge is 2.54. The Morgan fingerprint density at radius 1 is 1.16 bits per heavy atom. The quantitative estimate of drug-likeness (QED) is 0.321. The zero-order valence-electron chi connectivity index (χ0n) is 31.5. The van der Waals surface area contributed by atoms with E-state index in [4.69, 9.17) is 20.8 Å². The average molecular weight is 638 g/mol. The smallest absolute Gasteiger partial charge is 0.322 e. The molecule has 2 saturated heterocycles. The van der Waals surface area contributed by atoms with Crippen LogP contribution in [0.15, 0.2) is 60.7 Å². The van der Waals surface area contributed by atoms with Crippen molar-refractivity contribution in [1.82, 2.24) is 19.9 Å². The van der Waals surface area contributed by atoms with Gasteiger partial charge in [0.25, 0.3) is 8.32 Å². The Labute approximate surface area is 274 Å². The number of benzene rings is 2. The summed E-state index contributed by atoms with van der Waals surface area (Å²) in [6, 6.07) is 21.4. The van der Waals surface area contributed by atoms with Gasteiger partial charge in [-0.2, -0.15) is 20.2 Å². The van der Waals surface area contributed by atoms with Crippen LogP contribution in [0.25, 0.3) is 0 Å². The van der Waals surface area contributed by atoms with Gasteiger partial charge in [-0.3, -0.25) is 4.90 Å². The number of likely N-dealkylation sites (N-methyl/N-ethyl adjacent to an activating group) is 1. The molecule has 2 aliphatic heterocycles. The van der Waals surface area contributed by atoms with E-state index < -0.39 is 52.1 Å². The van der Waals surface area contributed by atoms with E-state index in [2.05, 4.69) is 60.0 Å². The minimum absolute atomic E-state index is 0.138. The highest BCUT2D eigenvalue weighted by atomic mass is 28.4. The van der Waals surface area contributed by atoms with Crippen molar-refractivity contribution in [3.05, 3.63) is 66.5 Å². The molecule has 0 saturated carbocycles. The van der Waals surface area contributed by atoms with Crippen molar-refractivity contribution in [2.45, 2.75) is 76.8 Å². The Kier molecular flexibility index (Phi) is 8.03. The van der Waals surface area contributed by atoms with Crippen molar-refractivity contribution in [3.8, 4) is 12.1 Å². The Hall–Kier alpha value is -3.43. The van der Waals surface area contributed by atoms with Gasteiger partial charge in [0.15, 0.2) is 0 Å². The molecule has 4 atom stereocenters. The lowest BCUT2D eigenvalue weighted by Crippen LogP contribution is -2.70. The predicted molar refractivity (Wildman–Crippen MR) is 175 cm³/mol. The van der Waals surface area contributed by atoms with Crippen LogP contribution in [-0.2, 0) is 9.16 Å². The van der Waals surface area contributed by atoms with Crippen LogP contribution in [-0.4, -0.2) is 91.4 Å². The molecule has 11 heteroatoms. The van der Waals surface area contributed by atoms with Crippen LogP contribution in [0.2, 0.25) is 5.04 Å². The highest BCUT2D eigenvalue weighted by molar-refractivity contribution is 6.99. The molecule has 0 spiro atoms. The lowest BCUT2D eigenvalue weighted by molar-refractivity contribution is -0.000404. The molecule has 0 unspecified atom stereocenters. The van der Waals surface area contributed by atoms with E-state index in [0.717, 1.165) is 15.3 Å². The summed E-state index contributed by atoms with van der Waals surface area (Å²) in [5, 5.41) is 11.8. The number of likely N-dealkylation sites (tertiary alicyclic amines) is 1. The van der Waals surface area contributed by atoms with Gasteiger partial charge in [0.1, 0.15) is 18.3 Å². The van der Waals surface area contributed by atoms with Gasteiger partial charge in [-0.25, -0.2) is 4.39 Å². The van der Waals surface area contributed by atoms with Crippen LogP contribution in [0.4, 0.5) is 10.3 Å². The number of hydrogen-bond donors (Lipinski definition) is 0. The molecule has 2 fully saturated rings. The summed E-state index contributed by atoms with van der Waals surface area (Å²) in [5.74, 6) is -0.0487. The number of ether oxygens (including phenoxy) is 2. The normalized spacial score (nSPS) is 26.0. The van der Waals surface area contributed by atoms with Gasteiger partial charge in [0, 0.05) is 26.0 Å². The first-order valence-electron chi connectivity index (χ1n) is 17.8. The molecule has 2 aliphatic rings. The van der Waals surface area contributed by atoms with Crippen molar-refractivity contribution in [2.24, 2.45) is 0 Å². The molecule has 1 aromatic heterocycles. The standard InChI is InChI=1S/C34H45FN6O3Si/c1-7-40-22-26(35)20-29(40)25(2)43-32-38-30(21-36)37-31(39-32)41-18-19-42-24-34(6,23-41)44-45(33(3,4)5,27-14-10-8-11-15-27)28-16-12-9-13-17-28/h8-17,25-26,29H,7,18-20,22-24H2,1-6H3/t25-,26+,29-,34-/m0/s1/i1D3,7D2. The molecule has 0 N–H and O–H groups in total. The van der Waals surface area contributed by atoms with Crippen LogP contribution in [0.3, 0.4) is 0 Å². The van der Waals surface area contributed by atoms with Crippen molar-refractivity contribution in [3.63, 3.8) is 0 Å². The monoisotopic (exact) mass is 637 g/mol. The zero-order valence-corrected chi connectivity index (χ0v) is 27.5. The molecule has 0 radical (unpaired) electrons. The third-order valence-electron chi connectivity index (χ3n) is 8.51. The predicted octanol–water partition coefficient (Wildman–Crippen LogP) is 4.11. The van der Waals surface area contributed by atoms with E-state index in [1.54, 1.807) is 6.92 Å². The first-order chi connectivity index (χ1) is 23.4. The Morgan fingerprint density at radius 3 is 2.42 bits per heavy atom. The van der Waals surface area contributed by atoms with E-state index in [9.17, 15) is 9.65 Å². The fraction of sp³-hybridized carbons (Fsp3) is 0.529. The molecule has 0 bridgehead atoms. The van der Waals surface area contributed by atoms with Gasteiger partial charge in [-0.05, 0) is 42.2 Å². The molecule has 3 heterocycles. The summed E-state index contributed by atoms with van der Waals surface area (Å²) in [7, 11) is -3.01. The maximum Gasteiger partial charge on any atom is 0.322 e. The summed E-state index contributed by atoms with van der Waals surface area (Å²) in [6.45, 7) is 5.30. The number of halogens is 1. The second-order valence-corrected chi connectivity index (χ2v) is 17.3. The number of alkyl halides is 1. The van der Waals surface area contributed by atoms with Crippen LogP contribution in [0.5, 0.6) is 6.01 Å². The number of anilines is 1. The molecule has 240 valence electrons. The molecule has 0 amide bonds. The Morgan fingerprint density at radius 2 is 1.82 bits per heavy atom. The number of hydrogen-bond acceptors (Lipinski definition) is 9. The van der Waals surface area contributed by atoms with Crippen LogP contribution in [0.1, 0.15) is 60.6 Å². The summed E-state index contributed by atoms with van der Waals surface area (Å²) < 4.78 is 74.0. The molecule has 3 aromatic rings. The fourth-order valence-corrected chi connectivity index (χ4v) is 11.3. The van der Waals surface area contributed by atoms with Crippen LogP contribution < -0.4 is 20.0 Å². The molecular weight excluding hydrogens is 587 g/mol. The molecule has 2 aromatic carbocycles. The number of nitrogens with zero attached hydrogens (tertiary/aromatic N) is 6. The first-order valence-corrected chi connectivity index (χ1v) is 17.2. The number of nitriles is 1. The van der Waals surface area contributed by atoms with Gasteiger partial charge < -0.3 is 18.8 Å². The van der Waals surface area contributed by atoms with Gasteiger partial charge in [-0.15, -0.1) is 0 Å². The summed E-state index contributed by atoms with van der Waals surface area (Å²) in [5.41, 5.74) is -0.864. The summed E-state index contributed by atoms with van der Waals surface area (Å²) in [6.07, 6.45) is -2.51. The average Bonchev–Trinajstić information content (AvgIpc) is 3.36. The molecular formula is C34H45FN6O3Si. The third kappa shape index (κ3) is 7.04. The maximum absolute atomic E-state index is 14.6. The van der Waals surface area contributed by atoms with Crippen molar-refractivity contribution >= 4 is 24.6 Å². The Bertz CT molecular complexity index is 1620. The van der Waals surface area contributed by atoms with E-state index in [1.807, 2.05) is 54.3 Å². The molecule has 45 heavy (non-hydrogen) atoms. The minimum atomic E-state index is -3.01. The minimum Gasteiger partial charge on any atom is -0.459 e. The summed E-state index contributed by atoms with van der Waals surface area (Å²) >= 11 is 0. The van der Waals surface area contributed by atoms with Crippen molar-refractivity contribution < 1.29 is 25.1 Å². The van der Waals surface area contributed by atoms with Crippen molar-refractivity contribution in [1.29, 1.82) is 5.26 Å². The third-order valence-corrected chi connectivity index (χ3v) is 13.7. The van der Waals surface area contributed by atoms with Gasteiger partial charge in [0.2, 0.25) is 11.8 Å². The van der Waals surface area contributed by atoms with Crippen LogP contribution in [0, 0.1) is 11.3 Å². The Balaban J connectivity index is 1.47. The molecule has 9 nitrogen and oxygen atoms in total.